The summed E-state index contributed by atoms with van der Waals surface area (Å²) in [5, 5.41) is 10.4. The first kappa shape index (κ1) is 29.8. The van der Waals surface area contributed by atoms with Gasteiger partial charge in [0.25, 0.3) is 0 Å². The van der Waals surface area contributed by atoms with Crippen molar-refractivity contribution in [3.8, 4) is 22.3 Å². The number of nitrogens with zero attached hydrogens (tertiary/aromatic N) is 1. The topological polar surface area (TPSA) is 16.4 Å². The molecule has 3 heterocycles. The normalized spacial score (nSPS) is 13.3. The van der Waals surface area contributed by atoms with E-state index in [4.69, 9.17) is 4.42 Å². The van der Waals surface area contributed by atoms with Crippen LogP contribution in [0.25, 0.3) is 75.1 Å². The summed E-state index contributed by atoms with van der Waals surface area (Å²) in [6.07, 6.45) is 0. The molecule has 1 aliphatic heterocycles. The first-order valence-corrected chi connectivity index (χ1v) is 21.7. The van der Waals surface area contributed by atoms with Crippen LogP contribution in [-0.4, -0.2) is 8.07 Å². The monoisotopic (exact) mass is 699 g/mol. The van der Waals surface area contributed by atoms with E-state index in [0.717, 1.165) is 16.9 Å². The molecule has 0 saturated carbocycles. The zero-order valence-electron chi connectivity index (χ0n) is 28.9. The molecule has 0 spiro atoms. The van der Waals surface area contributed by atoms with Gasteiger partial charge in [-0.25, -0.2) is 0 Å². The Morgan fingerprint density at radius 1 is 0.519 bits per heavy atom. The minimum atomic E-state index is -2.09. The largest absolute Gasteiger partial charge is 0.455 e. The van der Waals surface area contributed by atoms with Crippen LogP contribution in [-0.2, 0) is 0 Å². The standard InChI is InChI=1S/C48H33NOSSi/c1-52(2)44-27-26-37-36-17-5-7-21-41(36)50-48(37)47(44)39-25-24-33(29-45(39)52)49(40-20-11-23-43-46(40)38-18-6-8-22-42(38)51-43)32-15-9-14-31(28-32)35-19-10-13-30-12-3-4-16-34(30)35/h3-29H,1-2H3. The van der Waals surface area contributed by atoms with Crippen LogP contribution < -0.4 is 15.3 Å². The highest BCUT2D eigenvalue weighted by atomic mass is 32.1. The molecule has 0 bridgehead atoms. The van der Waals surface area contributed by atoms with E-state index < -0.39 is 8.07 Å². The Morgan fingerprint density at radius 3 is 2.17 bits per heavy atom. The SMILES string of the molecule is C[Si]1(C)c2cc(N(c3cccc(-c4cccc5ccccc45)c3)c3cccc4sc5ccccc5c34)ccc2-c2c1ccc1c2oc2ccccc21. The molecule has 0 fully saturated rings. The molecule has 8 aromatic carbocycles. The molecule has 2 aromatic heterocycles. The van der Waals surface area contributed by atoms with Gasteiger partial charge in [-0.3, -0.25) is 0 Å². The molecular weight excluding hydrogens is 667 g/mol. The molecule has 10 aromatic rings. The van der Waals surface area contributed by atoms with Gasteiger partial charge in [-0.2, -0.15) is 0 Å². The molecule has 2 nitrogen and oxygen atoms in total. The first-order valence-electron chi connectivity index (χ1n) is 17.9. The molecule has 0 amide bonds. The summed E-state index contributed by atoms with van der Waals surface area (Å²) in [6.45, 7) is 4.99. The van der Waals surface area contributed by atoms with Crippen LogP contribution in [0.3, 0.4) is 0 Å². The van der Waals surface area contributed by atoms with Gasteiger partial charge in [-0.05, 0) is 86.4 Å². The van der Waals surface area contributed by atoms with Crippen LogP contribution in [0.5, 0.6) is 0 Å². The number of rotatable bonds is 4. The fourth-order valence-electron chi connectivity index (χ4n) is 8.79. The highest BCUT2D eigenvalue weighted by molar-refractivity contribution is 7.26. The Kier molecular flexibility index (Phi) is 6.31. The third-order valence-electron chi connectivity index (χ3n) is 11.3. The van der Waals surface area contributed by atoms with E-state index in [1.54, 1.807) is 0 Å². The lowest BCUT2D eigenvalue weighted by Crippen LogP contribution is -2.49. The summed E-state index contributed by atoms with van der Waals surface area (Å²) in [7, 11) is -2.09. The van der Waals surface area contributed by atoms with E-state index >= 15 is 0 Å². The van der Waals surface area contributed by atoms with Crippen molar-refractivity contribution in [1.29, 1.82) is 0 Å². The van der Waals surface area contributed by atoms with Crippen LogP contribution >= 0.6 is 11.3 Å². The van der Waals surface area contributed by atoms with Crippen LogP contribution in [0, 0.1) is 0 Å². The van der Waals surface area contributed by atoms with Gasteiger partial charge in [0.2, 0.25) is 0 Å². The highest BCUT2D eigenvalue weighted by Gasteiger charge is 2.40. The van der Waals surface area contributed by atoms with Gasteiger partial charge in [0.15, 0.2) is 0 Å². The number of para-hydroxylation sites is 1. The van der Waals surface area contributed by atoms with Gasteiger partial charge in [-0.1, -0.05) is 128 Å². The van der Waals surface area contributed by atoms with Gasteiger partial charge in [-0.15, -0.1) is 11.3 Å². The minimum absolute atomic E-state index is 0.948. The summed E-state index contributed by atoms with van der Waals surface area (Å²) < 4.78 is 9.24. The van der Waals surface area contributed by atoms with Crippen molar-refractivity contribution in [3.05, 3.63) is 164 Å². The number of hydrogen-bond acceptors (Lipinski definition) is 3. The van der Waals surface area contributed by atoms with Crippen molar-refractivity contribution < 1.29 is 4.42 Å². The van der Waals surface area contributed by atoms with Crippen molar-refractivity contribution in [2.75, 3.05) is 4.90 Å². The molecule has 0 unspecified atom stereocenters. The molecule has 4 heteroatoms. The van der Waals surface area contributed by atoms with E-state index in [9.17, 15) is 0 Å². The third kappa shape index (κ3) is 4.22. The van der Waals surface area contributed by atoms with Crippen LogP contribution in [0.15, 0.2) is 168 Å². The fourth-order valence-corrected chi connectivity index (χ4v) is 13.0. The maximum absolute atomic E-state index is 6.64. The number of anilines is 3. The second-order valence-electron chi connectivity index (χ2n) is 14.5. The van der Waals surface area contributed by atoms with Crippen LogP contribution in [0.2, 0.25) is 13.1 Å². The zero-order valence-corrected chi connectivity index (χ0v) is 30.7. The van der Waals surface area contributed by atoms with Crippen LogP contribution in [0.1, 0.15) is 0 Å². The molecule has 0 atom stereocenters. The molecule has 0 N–H and O–H groups in total. The number of hydrogen-bond donors (Lipinski definition) is 0. The number of fused-ring (bicyclic) bond motifs is 11. The smallest absolute Gasteiger partial charge is 0.143 e. The van der Waals surface area contributed by atoms with E-state index in [1.165, 1.54) is 85.7 Å². The van der Waals surface area contributed by atoms with Crippen molar-refractivity contribution >= 4 is 99.7 Å². The van der Waals surface area contributed by atoms with Crippen molar-refractivity contribution in [1.82, 2.24) is 0 Å². The van der Waals surface area contributed by atoms with Crippen LogP contribution in [0.4, 0.5) is 17.1 Å². The average molecular weight is 700 g/mol. The van der Waals surface area contributed by atoms with Gasteiger partial charge in [0.1, 0.15) is 19.2 Å². The minimum Gasteiger partial charge on any atom is -0.455 e. The van der Waals surface area contributed by atoms with Gasteiger partial charge < -0.3 is 9.32 Å². The zero-order chi connectivity index (χ0) is 34.6. The van der Waals surface area contributed by atoms with E-state index in [0.29, 0.717) is 0 Å². The van der Waals surface area contributed by atoms with Crippen molar-refractivity contribution in [2.45, 2.75) is 13.1 Å². The summed E-state index contributed by atoms with van der Waals surface area (Å²) in [6, 6.07) is 60.3. The summed E-state index contributed by atoms with van der Waals surface area (Å²) in [5.41, 5.74) is 10.5. The van der Waals surface area contributed by atoms with Crippen molar-refractivity contribution in [2.24, 2.45) is 0 Å². The molecule has 0 saturated heterocycles. The lowest BCUT2D eigenvalue weighted by Gasteiger charge is -2.29. The predicted octanol–water partition coefficient (Wildman–Crippen LogP) is 13.0. The van der Waals surface area contributed by atoms with Gasteiger partial charge in [0.05, 0.1) is 5.69 Å². The first-order chi connectivity index (χ1) is 25.5. The Labute approximate surface area is 306 Å². The maximum atomic E-state index is 6.64. The Morgan fingerprint density at radius 2 is 1.25 bits per heavy atom. The summed E-state index contributed by atoms with van der Waals surface area (Å²) >= 11 is 1.87. The average Bonchev–Trinajstić information content (AvgIpc) is 3.83. The maximum Gasteiger partial charge on any atom is 0.143 e. The van der Waals surface area contributed by atoms with Gasteiger partial charge in [0, 0.05) is 47.9 Å². The summed E-state index contributed by atoms with van der Waals surface area (Å²) in [5.74, 6) is 0. The van der Waals surface area contributed by atoms with Gasteiger partial charge >= 0.3 is 0 Å². The number of thiophene rings is 1. The van der Waals surface area contributed by atoms with Crippen molar-refractivity contribution in [3.63, 3.8) is 0 Å². The quantitative estimate of drug-likeness (QED) is 0.170. The second-order valence-corrected chi connectivity index (χ2v) is 19.9. The van der Waals surface area contributed by atoms with E-state index in [2.05, 4.69) is 182 Å². The van der Waals surface area contributed by atoms with E-state index in [-0.39, 0.29) is 0 Å². The predicted molar refractivity (Wildman–Crippen MR) is 226 cm³/mol. The highest BCUT2D eigenvalue weighted by Crippen LogP contribution is 2.47. The lowest BCUT2D eigenvalue weighted by atomic mass is 9.97. The molecule has 52 heavy (non-hydrogen) atoms. The molecule has 246 valence electrons. The molecule has 0 radical (unpaired) electrons. The molecule has 1 aliphatic rings. The second kappa shape index (κ2) is 11.0. The lowest BCUT2D eigenvalue weighted by molar-refractivity contribution is 0.670. The fraction of sp³-hybridized carbons (Fsp3) is 0.0417. The third-order valence-corrected chi connectivity index (χ3v) is 15.9. The molecular formula is C48H33NOSSi. The Balaban J connectivity index is 1.16. The molecule has 11 rings (SSSR count). The van der Waals surface area contributed by atoms with E-state index in [1.807, 2.05) is 11.3 Å². The number of benzene rings is 8. The number of furan rings is 1. The Bertz CT molecular complexity index is 3070. The summed E-state index contributed by atoms with van der Waals surface area (Å²) in [4.78, 5) is 2.50. The Hall–Kier alpha value is -5.94. The molecule has 0 aliphatic carbocycles.